The van der Waals surface area contributed by atoms with Crippen molar-refractivity contribution in [3.63, 3.8) is 0 Å². The maximum Gasteiger partial charge on any atom is 0.158 e. The molecule has 0 atom stereocenters. The molecule has 0 amide bonds. The Morgan fingerprint density at radius 3 is 2.42 bits per heavy atom. The van der Waals surface area contributed by atoms with Crippen molar-refractivity contribution < 1.29 is 4.79 Å². The number of benzene rings is 3. The van der Waals surface area contributed by atoms with Gasteiger partial charge in [-0.1, -0.05) is 54.1 Å². The Bertz CT molecular complexity index is 1260. The molecule has 4 rings (SSSR count). The Labute approximate surface area is 183 Å². The number of aliphatic imine (C=N–C) groups is 1. The van der Waals surface area contributed by atoms with E-state index >= 15 is 0 Å². The average molecular weight is 410 g/mol. The van der Waals surface area contributed by atoms with Gasteiger partial charge in [-0.3, -0.25) is 9.79 Å². The van der Waals surface area contributed by atoms with E-state index in [4.69, 9.17) is 4.98 Å². The van der Waals surface area contributed by atoms with Gasteiger partial charge in [0.05, 0.1) is 17.6 Å². The second kappa shape index (κ2) is 8.68. The van der Waals surface area contributed by atoms with Crippen LogP contribution in [0.3, 0.4) is 0 Å². The molecule has 0 saturated heterocycles. The first kappa shape index (κ1) is 20.7. The highest BCUT2D eigenvalue weighted by molar-refractivity contribution is 5.91. The van der Waals surface area contributed by atoms with Crippen molar-refractivity contribution in [1.29, 1.82) is 0 Å². The molecule has 0 radical (unpaired) electrons. The summed E-state index contributed by atoms with van der Waals surface area (Å²) in [5.41, 5.74) is 8.68. The molecule has 31 heavy (non-hydrogen) atoms. The van der Waals surface area contributed by atoms with Gasteiger partial charge in [-0.05, 0) is 55.2 Å². The topological polar surface area (TPSA) is 47.2 Å². The normalized spacial score (nSPS) is 11.5. The molecular formula is C27H27N3O. The molecular weight excluding hydrogens is 382 g/mol. The minimum Gasteiger partial charge on any atom is -0.327 e. The summed E-state index contributed by atoms with van der Waals surface area (Å²) in [7, 11) is 2.03. The summed E-state index contributed by atoms with van der Waals surface area (Å²) in [6.07, 6.45) is 2.19. The van der Waals surface area contributed by atoms with Crippen LogP contribution in [0, 0.1) is 20.8 Å². The zero-order valence-electron chi connectivity index (χ0n) is 18.5. The molecule has 0 aliphatic heterocycles. The van der Waals surface area contributed by atoms with Crippen molar-refractivity contribution >= 4 is 23.0 Å². The first-order valence-corrected chi connectivity index (χ1v) is 10.5. The monoisotopic (exact) mass is 409 g/mol. The third kappa shape index (κ3) is 4.48. The maximum absolute atomic E-state index is 12.4. The average Bonchev–Trinajstić information content (AvgIpc) is 3.07. The minimum atomic E-state index is 0.120. The van der Waals surface area contributed by atoms with Crippen LogP contribution in [0.4, 0.5) is 0 Å². The molecule has 0 aliphatic carbocycles. The number of carbonyl (C=O) groups excluding carboxylic acids is 1. The highest BCUT2D eigenvalue weighted by atomic mass is 16.1. The number of ketones is 1. The van der Waals surface area contributed by atoms with Crippen molar-refractivity contribution in [3.8, 4) is 11.4 Å². The maximum atomic E-state index is 12.4. The molecule has 0 bridgehead atoms. The Morgan fingerprint density at radius 1 is 1.00 bits per heavy atom. The number of rotatable bonds is 6. The van der Waals surface area contributed by atoms with Gasteiger partial charge in [0.1, 0.15) is 5.82 Å². The first-order chi connectivity index (χ1) is 14.9. The molecule has 0 saturated carbocycles. The fourth-order valence-electron chi connectivity index (χ4n) is 3.89. The van der Waals surface area contributed by atoms with E-state index in [1.165, 1.54) is 5.56 Å². The molecule has 156 valence electrons. The van der Waals surface area contributed by atoms with Crippen LogP contribution in [0.1, 0.15) is 27.8 Å². The standard InChI is InChI=1S/C27H27N3O/c1-18-8-11-22(12-9-18)27-29-25-14-21(10-13-26(25)30(27)4)16-28-17-23(31)15-24-19(2)6-5-7-20(24)3/h5-14,16H,15,17H2,1-4H3. The van der Waals surface area contributed by atoms with Crippen LogP contribution >= 0.6 is 0 Å². The molecule has 0 spiro atoms. The summed E-state index contributed by atoms with van der Waals surface area (Å²) >= 11 is 0. The van der Waals surface area contributed by atoms with Crippen molar-refractivity contribution in [2.75, 3.05) is 6.54 Å². The highest BCUT2D eigenvalue weighted by Crippen LogP contribution is 2.24. The lowest BCUT2D eigenvalue weighted by atomic mass is 9.98. The lowest BCUT2D eigenvalue weighted by Crippen LogP contribution is -2.09. The van der Waals surface area contributed by atoms with Gasteiger partial charge in [0.15, 0.2) is 5.78 Å². The van der Waals surface area contributed by atoms with Crippen molar-refractivity contribution in [2.45, 2.75) is 27.2 Å². The SMILES string of the molecule is Cc1ccc(-c2nc3cc(C=NCC(=O)Cc4c(C)cccc4C)ccc3n2C)cc1. The smallest absolute Gasteiger partial charge is 0.158 e. The summed E-state index contributed by atoms with van der Waals surface area (Å²) in [4.78, 5) is 21.6. The number of hydrogen-bond donors (Lipinski definition) is 0. The van der Waals surface area contributed by atoms with Gasteiger partial charge in [0.25, 0.3) is 0 Å². The van der Waals surface area contributed by atoms with Crippen LogP contribution < -0.4 is 0 Å². The fourth-order valence-corrected chi connectivity index (χ4v) is 3.89. The molecule has 4 nitrogen and oxygen atoms in total. The third-order valence-electron chi connectivity index (χ3n) is 5.74. The van der Waals surface area contributed by atoms with Gasteiger partial charge < -0.3 is 4.57 Å². The first-order valence-electron chi connectivity index (χ1n) is 10.5. The number of Topliss-reactive ketones (excluding diaryl/α,β-unsaturated/α-hetero) is 1. The lowest BCUT2D eigenvalue weighted by molar-refractivity contribution is -0.117. The van der Waals surface area contributed by atoms with Crippen molar-refractivity contribution in [3.05, 3.63) is 88.5 Å². The van der Waals surface area contributed by atoms with Crippen LogP contribution in [-0.4, -0.2) is 28.1 Å². The Hall–Kier alpha value is -3.53. The number of fused-ring (bicyclic) bond motifs is 1. The second-order valence-corrected chi connectivity index (χ2v) is 8.16. The number of carbonyl (C=O) groups is 1. The predicted molar refractivity (Wildman–Crippen MR) is 128 cm³/mol. The third-order valence-corrected chi connectivity index (χ3v) is 5.74. The number of hydrogen-bond acceptors (Lipinski definition) is 3. The Balaban J connectivity index is 1.49. The number of aryl methyl sites for hydroxylation is 4. The van der Waals surface area contributed by atoms with E-state index < -0.39 is 0 Å². The Kier molecular flexibility index (Phi) is 5.81. The van der Waals surface area contributed by atoms with Crippen LogP contribution in [-0.2, 0) is 18.3 Å². The van der Waals surface area contributed by atoms with E-state index in [0.717, 1.165) is 44.7 Å². The predicted octanol–water partition coefficient (Wildman–Crippen LogP) is 5.40. The van der Waals surface area contributed by atoms with E-state index in [2.05, 4.69) is 46.8 Å². The molecule has 1 aromatic heterocycles. The van der Waals surface area contributed by atoms with Gasteiger partial charge in [0, 0.05) is 25.2 Å². The quantitative estimate of drug-likeness (QED) is 0.401. The van der Waals surface area contributed by atoms with E-state index in [-0.39, 0.29) is 12.3 Å². The van der Waals surface area contributed by atoms with Gasteiger partial charge >= 0.3 is 0 Å². The summed E-state index contributed by atoms with van der Waals surface area (Å²) in [5.74, 6) is 1.06. The fraction of sp³-hybridized carbons (Fsp3) is 0.222. The molecule has 0 aliphatic rings. The van der Waals surface area contributed by atoms with E-state index in [1.807, 2.05) is 51.2 Å². The van der Waals surface area contributed by atoms with Crippen LogP contribution in [0.2, 0.25) is 0 Å². The Morgan fingerprint density at radius 2 is 1.71 bits per heavy atom. The van der Waals surface area contributed by atoms with E-state index in [0.29, 0.717) is 6.42 Å². The molecule has 0 fully saturated rings. The molecule has 0 N–H and O–H groups in total. The lowest BCUT2D eigenvalue weighted by Gasteiger charge is -2.07. The van der Waals surface area contributed by atoms with E-state index in [9.17, 15) is 4.79 Å². The molecule has 3 aromatic carbocycles. The number of aromatic nitrogens is 2. The zero-order valence-corrected chi connectivity index (χ0v) is 18.5. The highest BCUT2D eigenvalue weighted by Gasteiger charge is 2.10. The molecule has 4 heteroatoms. The van der Waals surface area contributed by atoms with Gasteiger partial charge in [-0.2, -0.15) is 0 Å². The van der Waals surface area contributed by atoms with Crippen LogP contribution in [0.25, 0.3) is 22.4 Å². The van der Waals surface area contributed by atoms with Gasteiger partial charge in [-0.25, -0.2) is 4.98 Å². The largest absolute Gasteiger partial charge is 0.327 e. The number of nitrogens with zero attached hydrogens (tertiary/aromatic N) is 3. The van der Waals surface area contributed by atoms with Crippen molar-refractivity contribution in [2.24, 2.45) is 12.0 Å². The summed E-state index contributed by atoms with van der Waals surface area (Å²) in [6, 6.07) is 20.6. The summed E-state index contributed by atoms with van der Waals surface area (Å²) in [6.45, 7) is 6.36. The van der Waals surface area contributed by atoms with Crippen LogP contribution in [0.15, 0.2) is 65.7 Å². The van der Waals surface area contributed by atoms with E-state index in [1.54, 1.807) is 6.21 Å². The summed E-state index contributed by atoms with van der Waals surface area (Å²) < 4.78 is 2.11. The minimum absolute atomic E-state index is 0.120. The molecule has 0 unspecified atom stereocenters. The molecule has 1 heterocycles. The van der Waals surface area contributed by atoms with Crippen LogP contribution in [0.5, 0.6) is 0 Å². The molecule has 4 aromatic rings. The number of imidazole rings is 1. The zero-order chi connectivity index (χ0) is 22.0. The second-order valence-electron chi connectivity index (χ2n) is 8.16. The van der Waals surface area contributed by atoms with Crippen molar-refractivity contribution in [1.82, 2.24) is 9.55 Å². The summed E-state index contributed by atoms with van der Waals surface area (Å²) in [5, 5.41) is 0. The van der Waals surface area contributed by atoms with Gasteiger partial charge in [-0.15, -0.1) is 0 Å². The van der Waals surface area contributed by atoms with Gasteiger partial charge in [0.2, 0.25) is 0 Å².